The molecule has 1 aliphatic rings. The van der Waals surface area contributed by atoms with Gasteiger partial charge in [-0.05, 0) is 13.3 Å². The monoisotopic (exact) mass is 229 g/mol. The summed E-state index contributed by atoms with van der Waals surface area (Å²) in [4.78, 5) is 11.3. The molecule has 0 radical (unpaired) electrons. The number of amides is 1. The van der Waals surface area contributed by atoms with Crippen molar-refractivity contribution in [3.63, 3.8) is 0 Å². The highest BCUT2D eigenvalue weighted by molar-refractivity contribution is 6.11. The molecule has 0 aromatic heterocycles. The van der Waals surface area contributed by atoms with E-state index >= 15 is 0 Å². The predicted octanol–water partition coefficient (Wildman–Crippen LogP) is -1.36. The molecule has 1 fully saturated rings. The number of aliphatic hydroxyl groups excluding tert-OH is 1. The Kier molecular flexibility index (Phi) is 4.77. The summed E-state index contributed by atoms with van der Waals surface area (Å²) >= 11 is 0. The van der Waals surface area contributed by atoms with Crippen molar-refractivity contribution in [3.8, 4) is 0 Å². The molecular formula is C10H20BNO4. The van der Waals surface area contributed by atoms with Crippen molar-refractivity contribution in [1.29, 1.82) is 0 Å². The van der Waals surface area contributed by atoms with Crippen molar-refractivity contribution < 1.29 is 19.4 Å². The highest BCUT2D eigenvalue weighted by atomic mass is 16.6. The zero-order chi connectivity index (χ0) is 12.3. The molecule has 5 atom stereocenters. The van der Waals surface area contributed by atoms with Gasteiger partial charge < -0.3 is 19.9 Å². The van der Waals surface area contributed by atoms with Crippen molar-refractivity contribution in [2.75, 3.05) is 7.05 Å². The first-order chi connectivity index (χ1) is 7.51. The number of hydrogen-bond donors (Lipinski definition) is 2. The summed E-state index contributed by atoms with van der Waals surface area (Å²) in [6.45, 7) is 3.61. The third-order valence-electron chi connectivity index (χ3n) is 2.95. The van der Waals surface area contributed by atoms with Gasteiger partial charge in [0.2, 0.25) is 5.91 Å². The van der Waals surface area contributed by atoms with E-state index in [1.54, 1.807) is 14.0 Å². The minimum Gasteiger partial charge on any atom is -0.388 e. The fourth-order valence-corrected chi connectivity index (χ4v) is 1.95. The highest BCUT2D eigenvalue weighted by Gasteiger charge is 2.42. The molecule has 1 unspecified atom stereocenters. The molecular weight excluding hydrogens is 209 g/mol. The molecule has 1 heterocycles. The lowest BCUT2D eigenvalue weighted by atomic mass is 9.92. The normalized spacial score (nSPS) is 36.0. The first-order valence-corrected chi connectivity index (χ1v) is 5.71. The zero-order valence-electron chi connectivity index (χ0n) is 10.3. The van der Waals surface area contributed by atoms with Gasteiger partial charge in [0.25, 0.3) is 0 Å². The van der Waals surface area contributed by atoms with Crippen LogP contribution in [0, 0.1) is 0 Å². The maximum atomic E-state index is 11.3. The topological polar surface area (TPSA) is 67.8 Å². The lowest BCUT2D eigenvalue weighted by Gasteiger charge is -2.22. The van der Waals surface area contributed by atoms with Gasteiger partial charge in [-0.3, -0.25) is 4.79 Å². The summed E-state index contributed by atoms with van der Waals surface area (Å²) in [7, 11) is 3.40. The van der Waals surface area contributed by atoms with Crippen LogP contribution in [0.15, 0.2) is 0 Å². The van der Waals surface area contributed by atoms with Crippen LogP contribution in [-0.2, 0) is 14.3 Å². The van der Waals surface area contributed by atoms with E-state index in [-0.39, 0.29) is 18.0 Å². The molecule has 16 heavy (non-hydrogen) atoms. The highest BCUT2D eigenvalue weighted by Crippen LogP contribution is 2.25. The first kappa shape index (κ1) is 13.5. The number of aliphatic hydroxyl groups is 1. The molecule has 0 aliphatic carbocycles. The van der Waals surface area contributed by atoms with Crippen LogP contribution in [0.1, 0.15) is 20.3 Å². The van der Waals surface area contributed by atoms with Gasteiger partial charge in [0.1, 0.15) is 26.2 Å². The van der Waals surface area contributed by atoms with Crippen LogP contribution in [0.3, 0.4) is 0 Å². The number of hydrogen-bond acceptors (Lipinski definition) is 4. The average molecular weight is 229 g/mol. The number of nitrogens with one attached hydrogen (secondary N) is 1. The molecule has 1 aliphatic heterocycles. The van der Waals surface area contributed by atoms with E-state index in [1.807, 2.05) is 14.8 Å². The zero-order valence-corrected chi connectivity index (χ0v) is 10.3. The SMILES string of the molecule is B[C@@H]1O[C@H](CC)C(O)[C@@H]1O[C@@H](C)C(=O)NC. The molecule has 0 saturated carbocycles. The van der Waals surface area contributed by atoms with Crippen LogP contribution in [0.5, 0.6) is 0 Å². The molecule has 5 nitrogen and oxygen atoms in total. The fourth-order valence-electron chi connectivity index (χ4n) is 1.95. The van der Waals surface area contributed by atoms with Gasteiger partial charge >= 0.3 is 0 Å². The molecule has 1 amide bonds. The van der Waals surface area contributed by atoms with Gasteiger partial charge in [-0.2, -0.15) is 0 Å². The van der Waals surface area contributed by atoms with Crippen molar-refractivity contribution >= 4 is 13.8 Å². The third kappa shape index (κ3) is 2.75. The van der Waals surface area contributed by atoms with E-state index in [0.717, 1.165) is 6.42 Å². The molecule has 1 saturated heterocycles. The Morgan fingerprint density at radius 3 is 2.75 bits per heavy atom. The number of carbonyl (C=O) groups excluding carboxylic acids is 1. The van der Waals surface area contributed by atoms with Gasteiger partial charge in [-0.25, -0.2) is 0 Å². The third-order valence-corrected chi connectivity index (χ3v) is 2.95. The van der Waals surface area contributed by atoms with Crippen molar-refractivity contribution in [2.24, 2.45) is 0 Å². The number of carbonyl (C=O) groups is 1. The second kappa shape index (κ2) is 5.66. The smallest absolute Gasteiger partial charge is 0.248 e. The van der Waals surface area contributed by atoms with Crippen LogP contribution < -0.4 is 5.32 Å². The van der Waals surface area contributed by atoms with Gasteiger partial charge in [0.15, 0.2) is 0 Å². The van der Waals surface area contributed by atoms with E-state index in [4.69, 9.17) is 9.47 Å². The second-order valence-electron chi connectivity index (χ2n) is 4.14. The Bertz CT molecular complexity index is 251. The van der Waals surface area contributed by atoms with Gasteiger partial charge in [0.05, 0.1) is 12.1 Å². The van der Waals surface area contributed by atoms with E-state index in [0.29, 0.717) is 0 Å². The van der Waals surface area contributed by atoms with Crippen LogP contribution in [0.2, 0.25) is 0 Å². The molecule has 0 bridgehead atoms. The Morgan fingerprint density at radius 2 is 2.31 bits per heavy atom. The maximum absolute atomic E-state index is 11.3. The molecule has 1 rings (SSSR count). The quantitative estimate of drug-likeness (QED) is 0.584. The van der Waals surface area contributed by atoms with E-state index in [1.165, 1.54) is 0 Å². The Labute approximate surface area is 96.9 Å². The van der Waals surface area contributed by atoms with E-state index in [9.17, 15) is 9.90 Å². The molecule has 92 valence electrons. The summed E-state index contributed by atoms with van der Waals surface area (Å²) in [5.41, 5.74) is 0. The summed E-state index contributed by atoms with van der Waals surface area (Å²) in [5, 5.41) is 12.4. The molecule has 0 aromatic carbocycles. The standard InChI is InChI=1S/C10H20BNO4/c1-4-6-7(13)8(9(11)16-6)15-5(2)10(14)12-3/h5-9,13H,4,11H2,1-3H3,(H,12,14)/t5-,6+,7?,8-,9+/m0/s1. The van der Waals surface area contributed by atoms with Crippen LogP contribution in [0.4, 0.5) is 0 Å². The van der Waals surface area contributed by atoms with Crippen LogP contribution in [0.25, 0.3) is 0 Å². The maximum Gasteiger partial charge on any atom is 0.248 e. The molecule has 0 aromatic rings. The molecule has 2 N–H and O–H groups in total. The first-order valence-electron chi connectivity index (χ1n) is 5.71. The number of rotatable bonds is 4. The van der Waals surface area contributed by atoms with Gasteiger partial charge in [-0.15, -0.1) is 0 Å². The predicted molar refractivity (Wildman–Crippen MR) is 61.9 cm³/mol. The minimum absolute atomic E-state index is 0.188. The second-order valence-corrected chi connectivity index (χ2v) is 4.14. The largest absolute Gasteiger partial charge is 0.388 e. The lowest BCUT2D eigenvalue weighted by Crippen LogP contribution is -2.42. The Balaban J connectivity index is 2.57. The summed E-state index contributed by atoms with van der Waals surface area (Å²) in [5.74, 6) is -0.195. The van der Waals surface area contributed by atoms with Crippen LogP contribution in [-0.4, -0.2) is 56.3 Å². The lowest BCUT2D eigenvalue weighted by molar-refractivity contribution is -0.138. The number of likely N-dealkylation sites (N-methyl/N-ethyl adjacent to an activating group) is 1. The van der Waals surface area contributed by atoms with E-state index in [2.05, 4.69) is 5.32 Å². The summed E-state index contributed by atoms with van der Waals surface area (Å²) < 4.78 is 11.1. The minimum atomic E-state index is -0.660. The Morgan fingerprint density at radius 1 is 1.69 bits per heavy atom. The van der Waals surface area contributed by atoms with Gasteiger partial charge in [-0.1, -0.05) is 6.92 Å². The summed E-state index contributed by atoms with van der Waals surface area (Å²) in [6, 6.07) is -0.188. The molecule has 0 spiro atoms. The number of ether oxygens (including phenoxy) is 2. The summed E-state index contributed by atoms with van der Waals surface area (Å²) in [6.07, 6.45) is -1.13. The molecule has 6 heteroatoms. The van der Waals surface area contributed by atoms with Crippen molar-refractivity contribution in [3.05, 3.63) is 0 Å². The van der Waals surface area contributed by atoms with E-state index < -0.39 is 18.3 Å². The fraction of sp³-hybridized carbons (Fsp3) is 0.900. The van der Waals surface area contributed by atoms with Crippen molar-refractivity contribution in [1.82, 2.24) is 5.32 Å². The van der Waals surface area contributed by atoms with Crippen LogP contribution >= 0.6 is 0 Å². The van der Waals surface area contributed by atoms with Gasteiger partial charge in [0, 0.05) is 7.05 Å². The van der Waals surface area contributed by atoms with Crippen molar-refractivity contribution in [2.45, 2.75) is 50.7 Å². The Hall–Kier alpha value is -0.585. The average Bonchev–Trinajstić information content (AvgIpc) is 2.55.